The molecule has 21 heavy (non-hydrogen) atoms. The summed E-state index contributed by atoms with van der Waals surface area (Å²) in [5.74, 6) is 0. The summed E-state index contributed by atoms with van der Waals surface area (Å²) in [5, 5.41) is 0.651. The normalized spacial score (nSPS) is 11.5. The molecule has 0 aliphatic rings. The van der Waals surface area contributed by atoms with Gasteiger partial charge in [0, 0.05) is 0 Å². The minimum absolute atomic E-state index is 0.0267. The van der Waals surface area contributed by atoms with Crippen LogP contribution in [-0.2, 0) is 0 Å². The van der Waals surface area contributed by atoms with Crippen molar-refractivity contribution >= 4 is 91.5 Å². The van der Waals surface area contributed by atoms with E-state index in [1.807, 2.05) is 0 Å². The lowest BCUT2D eigenvalue weighted by Gasteiger charge is -2.09. The molecule has 8 heteroatoms. The fourth-order valence-electron chi connectivity index (χ4n) is 1.99. The summed E-state index contributed by atoms with van der Waals surface area (Å²) in [7, 11) is 0. The van der Waals surface area contributed by atoms with Gasteiger partial charge in [0.25, 0.3) is 0 Å². The molecule has 0 aliphatic heterocycles. The highest BCUT2D eigenvalue weighted by Gasteiger charge is 2.21. The summed E-state index contributed by atoms with van der Waals surface area (Å²) in [6, 6.07) is 2.77. The van der Waals surface area contributed by atoms with Crippen LogP contribution in [0.15, 0.2) is 21.3 Å². The first kappa shape index (κ1) is 15.5. The van der Waals surface area contributed by atoms with Crippen molar-refractivity contribution in [3.05, 3.63) is 52.5 Å². The van der Waals surface area contributed by atoms with Crippen molar-refractivity contribution in [2.24, 2.45) is 0 Å². The lowest BCUT2D eigenvalue weighted by atomic mass is 10.1. The van der Waals surface area contributed by atoms with E-state index < -0.39 is 5.43 Å². The zero-order valence-electron chi connectivity index (χ0n) is 9.74. The number of benzene rings is 2. The minimum atomic E-state index is -0.505. The van der Waals surface area contributed by atoms with E-state index in [1.54, 1.807) is 0 Å². The van der Waals surface area contributed by atoms with E-state index in [2.05, 4.69) is 0 Å². The van der Waals surface area contributed by atoms with Gasteiger partial charge in [-0.15, -0.1) is 0 Å². The molecule has 0 spiro atoms. The SMILES string of the molecule is O=c1c2c(Cl)c(Cl)cc(Cl)c2oc2c(Cl)cc(Cl)c(Cl)c12. The van der Waals surface area contributed by atoms with E-state index in [4.69, 9.17) is 74.0 Å². The number of fused-ring (bicyclic) bond motifs is 2. The summed E-state index contributed by atoms with van der Waals surface area (Å²) in [6.07, 6.45) is 0. The zero-order valence-corrected chi connectivity index (χ0v) is 14.3. The Balaban J connectivity index is 2.73. The molecule has 0 N–H and O–H groups in total. The predicted molar refractivity (Wildman–Crippen MR) is 90.0 cm³/mol. The predicted octanol–water partition coefficient (Wildman–Crippen LogP) is 6.87. The Hall–Kier alpha value is -0.350. The first-order valence-corrected chi connectivity index (χ1v) is 7.67. The van der Waals surface area contributed by atoms with Crippen molar-refractivity contribution in [2.45, 2.75) is 0 Å². The molecule has 3 rings (SSSR count). The maximum atomic E-state index is 12.7. The van der Waals surface area contributed by atoms with Crippen LogP contribution in [0, 0.1) is 0 Å². The zero-order chi connectivity index (χ0) is 15.5. The molecule has 3 aromatic rings. The molecule has 0 saturated carbocycles. The lowest BCUT2D eigenvalue weighted by molar-refractivity contribution is 0.660. The van der Waals surface area contributed by atoms with E-state index in [0.717, 1.165) is 0 Å². The third-order valence-electron chi connectivity index (χ3n) is 2.91. The minimum Gasteiger partial charge on any atom is -0.453 e. The van der Waals surface area contributed by atoms with Gasteiger partial charge < -0.3 is 4.42 Å². The van der Waals surface area contributed by atoms with Gasteiger partial charge in [-0.3, -0.25) is 4.79 Å². The largest absolute Gasteiger partial charge is 0.453 e. The Labute approximate surface area is 148 Å². The Bertz CT molecular complexity index is 901. The van der Waals surface area contributed by atoms with Crippen molar-refractivity contribution < 1.29 is 4.42 Å². The maximum absolute atomic E-state index is 12.7. The van der Waals surface area contributed by atoms with Crippen molar-refractivity contribution in [2.75, 3.05) is 0 Å². The van der Waals surface area contributed by atoms with Crippen LogP contribution < -0.4 is 5.43 Å². The molecule has 0 atom stereocenters. The molecule has 0 amide bonds. The Morgan fingerprint density at radius 3 is 1.43 bits per heavy atom. The second kappa shape index (κ2) is 5.38. The van der Waals surface area contributed by atoms with Crippen LogP contribution in [0.25, 0.3) is 21.9 Å². The van der Waals surface area contributed by atoms with Crippen LogP contribution >= 0.6 is 69.6 Å². The van der Waals surface area contributed by atoms with E-state index in [0.29, 0.717) is 0 Å². The van der Waals surface area contributed by atoms with Crippen LogP contribution in [0.3, 0.4) is 0 Å². The first-order chi connectivity index (χ1) is 9.82. The van der Waals surface area contributed by atoms with Gasteiger partial charge in [0.05, 0.1) is 40.9 Å². The highest BCUT2D eigenvalue weighted by molar-refractivity contribution is 6.49. The third kappa shape index (κ3) is 2.29. The van der Waals surface area contributed by atoms with Gasteiger partial charge in [0.2, 0.25) is 5.43 Å². The van der Waals surface area contributed by atoms with Crippen molar-refractivity contribution in [3.8, 4) is 0 Å². The van der Waals surface area contributed by atoms with Crippen LogP contribution in [0.4, 0.5) is 0 Å². The van der Waals surface area contributed by atoms with E-state index in [1.165, 1.54) is 12.1 Å². The lowest BCUT2D eigenvalue weighted by Crippen LogP contribution is -2.04. The van der Waals surface area contributed by atoms with Gasteiger partial charge >= 0.3 is 0 Å². The molecule has 0 bridgehead atoms. The maximum Gasteiger partial charge on any atom is 0.203 e. The van der Waals surface area contributed by atoms with Gasteiger partial charge in [-0.2, -0.15) is 0 Å². The topological polar surface area (TPSA) is 30.2 Å². The number of hydrogen-bond donors (Lipinski definition) is 0. The van der Waals surface area contributed by atoms with E-state index in [-0.39, 0.29) is 52.1 Å². The average Bonchev–Trinajstić information content (AvgIpc) is 2.41. The molecule has 0 saturated heterocycles. The molecule has 0 fully saturated rings. The van der Waals surface area contributed by atoms with Crippen LogP contribution in [0.5, 0.6) is 0 Å². The fraction of sp³-hybridized carbons (Fsp3) is 0. The fourth-order valence-corrected chi connectivity index (χ4v) is 3.45. The van der Waals surface area contributed by atoms with Gasteiger partial charge in [-0.1, -0.05) is 69.6 Å². The van der Waals surface area contributed by atoms with Crippen molar-refractivity contribution in [1.82, 2.24) is 0 Å². The Morgan fingerprint density at radius 2 is 1.05 bits per heavy atom. The molecule has 0 radical (unpaired) electrons. The third-order valence-corrected chi connectivity index (χ3v) is 5.05. The van der Waals surface area contributed by atoms with Gasteiger partial charge in [-0.05, 0) is 12.1 Å². The molecule has 0 aliphatic carbocycles. The number of hydrogen-bond acceptors (Lipinski definition) is 2. The molecule has 1 heterocycles. The smallest absolute Gasteiger partial charge is 0.203 e. The quantitative estimate of drug-likeness (QED) is 0.303. The second-order valence-corrected chi connectivity index (χ2v) is 6.53. The summed E-state index contributed by atoms with van der Waals surface area (Å²) < 4.78 is 5.61. The summed E-state index contributed by atoms with van der Waals surface area (Å²) in [4.78, 5) is 12.7. The highest BCUT2D eigenvalue weighted by Crippen LogP contribution is 2.40. The van der Waals surface area contributed by atoms with E-state index in [9.17, 15) is 4.79 Å². The highest BCUT2D eigenvalue weighted by atomic mass is 35.5. The van der Waals surface area contributed by atoms with Gasteiger partial charge in [-0.25, -0.2) is 0 Å². The van der Waals surface area contributed by atoms with Crippen LogP contribution in [0.1, 0.15) is 0 Å². The molecule has 2 aromatic carbocycles. The van der Waals surface area contributed by atoms with Crippen LogP contribution in [0.2, 0.25) is 30.1 Å². The average molecular weight is 403 g/mol. The van der Waals surface area contributed by atoms with Crippen LogP contribution in [-0.4, -0.2) is 0 Å². The van der Waals surface area contributed by atoms with Gasteiger partial charge in [0.1, 0.15) is 0 Å². The molecular formula is C13H2Cl6O2. The Morgan fingerprint density at radius 1 is 0.667 bits per heavy atom. The molecular weight excluding hydrogens is 401 g/mol. The summed E-state index contributed by atoms with van der Waals surface area (Å²) in [6.45, 7) is 0. The number of rotatable bonds is 0. The molecule has 108 valence electrons. The first-order valence-electron chi connectivity index (χ1n) is 5.40. The van der Waals surface area contributed by atoms with Crippen molar-refractivity contribution in [1.29, 1.82) is 0 Å². The summed E-state index contributed by atoms with van der Waals surface area (Å²) in [5.41, 5.74) is -0.331. The second-order valence-electron chi connectivity index (χ2n) is 4.15. The Kier molecular flexibility index (Phi) is 3.98. The molecule has 2 nitrogen and oxygen atoms in total. The molecule has 0 unspecified atom stereocenters. The summed E-state index contributed by atoms with van der Waals surface area (Å²) >= 11 is 36.1. The van der Waals surface area contributed by atoms with Gasteiger partial charge in [0.15, 0.2) is 11.2 Å². The van der Waals surface area contributed by atoms with E-state index >= 15 is 0 Å². The monoisotopic (exact) mass is 400 g/mol. The molecule has 1 aromatic heterocycles. The standard InChI is InChI=1S/C13H2Cl6O2/c14-3-1-5(16)12-7(9(3)18)11(20)8-10(19)4(15)2-6(17)13(8)21-12/h1-2H. The number of halogens is 6. The van der Waals surface area contributed by atoms with Crippen molar-refractivity contribution in [3.63, 3.8) is 0 Å².